The van der Waals surface area contributed by atoms with Gasteiger partial charge in [-0.25, -0.2) is 24.0 Å². The van der Waals surface area contributed by atoms with Crippen LogP contribution in [-0.4, -0.2) is 35.2 Å². The van der Waals surface area contributed by atoms with E-state index in [2.05, 4.69) is 25.4 Å². The van der Waals surface area contributed by atoms with Crippen molar-refractivity contribution in [1.29, 1.82) is 0 Å². The molecule has 9 nitrogen and oxygen atoms in total. The van der Waals surface area contributed by atoms with Crippen LogP contribution in [0.25, 0.3) is 26.7 Å². The van der Waals surface area contributed by atoms with Crippen LogP contribution in [0, 0.1) is 5.82 Å². The quantitative estimate of drug-likeness (QED) is 0.227. The van der Waals surface area contributed by atoms with E-state index in [1.807, 2.05) is 7.05 Å². The number of para-hydroxylation sites is 1. The van der Waals surface area contributed by atoms with Gasteiger partial charge in [0.15, 0.2) is 22.9 Å². The zero-order valence-electron chi connectivity index (χ0n) is 20.9. The van der Waals surface area contributed by atoms with E-state index in [0.717, 1.165) is 12.3 Å². The first-order valence-corrected chi connectivity index (χ1v) is 12.7. The molecule has 6 aromatic rings. The average molecular weight is 580 g/mol. The topological polar surface area (TPSA) is 99.8 Å². The van der Waals surface area contributed by atoms with Gasteiger partial charge in [0.05, 0.1) is 23.8 Å². The Morgan fingerprint density at radius 3 is 2.56 bits per heavy atom. The fourth-order valence-electron chi connectivity index (χ4n) is 4.06. The van der Waals surface area contributed by atoms with Gasteiger partial charge in [-0.15, -0.1) is 11.3 Å². The minimum absolute atomic E-state index is 0.0736. The van der Waals surface area contributed by atoms with Crippen molar-refractivity contribution >= 4 is 33.3 Å². The summed E-state index contributed by atoms with van der Waals surface area (Å²) in [5, 5.41) is 6.68. The van der Waals surface area contributed by atoms with Crippen LogP contribution in [0.4, 0.5) is 23.2 Å². The van der Waals surface area contributed by atoms with Crippen molar-refractivity contribution in [3.8, 4) is 27.9 Å². The largest absolute Gasteiger partial charge is 0.453 e. The lowest BCUT2D eigenvalue weighted by molar-refractivity contribution is -0.143. The van der Waals surface area contributed by atoms with E-state index in [9.17, 15) is 18.0 Å². The molecule has 0 saturated carbocycles. The van der Waals surface area contributed by atoms with Crippen LogP contribution in [0.15, 0.2) is 79.5 Å². The standard InChI is InChI=1S/C27H17F4N7O2S/c1-37-13-19(33-14-37)26-36-24-22(41-26)21(9-10-32-24)40-20-8-7-15(11-18(20)28)35-25(39)17-12-34-38(23(17)27(29,30)31)16-5-3-2-4-6-16/h2-14H,1H3,(H,35,39). The SMILES string of the molecule is Cn1cnc(-c2nc3nccc(Oc4ccc(NC(=O)c5cnn(-c6ccccc6)c5C(F)(F)F)cc4F)c3s2)c1. The van der Waals surface area contributed by atoms with Crippen molar-refractivity contribution in [1.82, 2.24) is 29.3 Å². The lowest BCUT2D eigenvalue weighted by Gasteiger charge is -2.13. The number of halogens is 4. The zero-order valence-corrected chi connectivity index (χ0v) is 21.7. The average Bonchev–Trinajstić information content (AvgIpc) is 3.68. The number of imidazole rings is 1. The van der Waals surface area contributed by atoms with E-state index in [-0.39, 0.29) is 17.1 Å². The van der Waals surface area contributed by atoms with Crippen LogP contribution in [0.2, 0.25) is 0 Å². The number of aromatic nitrogens is 6. The summed E-state index contributed by atoms with van der Waals surface area (Å²) in [6.07, 6.45) is 0.851. The van der Waals surface area contributed by atoms with Gasteiger partial charge >= 0.3 is 6.18 Å². The van der Waals surface area contributed by atoms with Gasteiger partial charge in [-0.05, 0) is 24.3 Å². The molecular weight excluding hydrogens is 562 g/mol. The Bertz CT molecular complexity index is 1900. The summed E-state index contributed by atoms with van der Waals surface area (Å²) >= 11 is 1.27. The second-order valence-corrected chi connectivity index (χ2v) is 9.76. The van der Waals surface area contributed by atoms with E-state index in [1.165, 1.54) is 41.8 Å². The molecule has 206 valence electrons. The van der Waals surface area contributed by atoms with Crippen molar-refractivity contribution in [2.75, 3.05) is 5.32 Å². The molecule has 0 spiro atoms. The first kappa shape index (κ1) is 26.1. The Labute approximate surface area is 232 Å². The fraction of sp³-hybridized carbons (Fsp3) is 0.0741. The van der Waals surface area contributed by atoms with Gasteiger partial charge in [0.25, 0.3) is 5.91 Å². The third-order valence-electron chi connectivity index (χ3n) is 5.87. The van der Waals surface area contributed by atoms with E-state index < -0.39 is 29.2 Å². The molecule has 0 atom stereocenters. The molecule has 0 aliphatic rings. The molecule has 0 radical (unpaired) electrons. The van der Waals surface area contributed by atoms with Gasteiger partial charge in [-0.2, -0.15) is 18.3 Å². The number of nitrogens with one attached hydrogen (secondary N) is 1. The highest BCUT2D eigenvalue weighted by molar-refractivity contribution is 7.22. The lowest BCUT2D eigenvalue weighted by atomic mass is 10.2. The number of benzene rings is 2. The number of fused-ring (bicyclic) bond motifs is 1. The van der Waals surface area contributed by atoms with Gasteiger partial charge in [0.2, 0.25) is 0 Å². The molecule has 0 unspecified atom stereocenters. The number of carbonyl (C=O) groups is 1. The number of thiazole rings is 1. The second kappa shape index (κ2) is 10.1. The number of aryl methyl sites for hydroxylation is 1. The first-order chi connectivity index (χ1) is 19.7. The number of amides is 1. The molecular formula is C27H17F4N7O2S. The number of hydrogen-bond acceptors (Lipinski definition) is 7. The minimum atomic E-state index is -4.88. The van der Waals surface area contributed by atoms with Crippen molar-refractivity contribution in [3.63, 3.8) is 0 Å². The van der Waals surface area contributed by atoms with E-state index in [4.69, 9.17) is 4.74 Å². The molecule has 1 amide bonds. The monoisotopic (exact) mass is 579 g/mol. The molecule has 1 N–H and O–H groups in total. The third kappa shape index (κ3) is 5.12. The van der Waals surface area contributed by atoms with E-state index in [1.54, 1.807) is 41.4 Å². The van der Waals surface area contributed by atoms with Crippen molar-refractivity contribution in [2.24, 2.45) is 7.05 Å². The van der Waals surface area contributed by atoms with Gasteiger partial charge in [-0.1, -0.05) is 18.2 Å². The fourth-order valence-corrected chi connectivity index (χ4v) is 4.99. The number of carbonyl (C=O) groups excluding carboxylic acids is 1. The summed E-state index contributed by atoms with van der Waals surface area (Å²) in [4.78, 5) is 25.8. The first-order valence-electron chi connectivity index (χ1n) is 11.9. The molecule has 41 heavy (non-hydrogen) atoms. The molecule has 4 aromatic heterocycles. The Hall–Kier alpha value is -5.11. The van der Waals surface area contributed by atoms with Crippen molar-refractivity contribution < 1.29 is 27.1 Å². The Kier molecular flexibility index (Phi) is 6.46. The molecule has 0 aliphatic carbocycles. The summed E-state index contributed by atoms with van der Waals surface area (Å²) in [5.41, 5.74) is -0.863. The van der Waals surface area contributed by atoms with Gasteiger partial charge in [0, 0.05) is 37.3 Å². The van der Waals surface area contributed by atoms with Gasteiger partial charge in [-0.3, -0.25) is 4.79 Å². The molecule has 2 aromatic carbocycles. The van der Waals surface area contributed by atoms with Crippen molar-refractivity contribution in [3.05, 3.63) is 96.6 Å². The summed E-state index contributed by atoms with van der Waals surface area (Å²) in [6, 6.07) is 12.7. The highest BCUT2D eigenvalue weighted by Gasteiger charge is 2.40. The van der Waals surface area contributed by atoms with Gasteiger partial charge < -0.3 is 14.6 Å². The number of hydrogen-bond donors (Lipinski definition) is 1. The number of ether oxygens (including phenoxy) is 1. The normalized spacial score (nSPS) is 11.6. The molecule has 0 fully saturated rings. The minimum Gasteiger partial charge on any atom is -0.453 e. The number of nitrogens with zero attached hydrogens (tertiary/aromatic N) is 6. The summed E-state index contributed by atoms with van der Waals surface area (Å²) in [6.45, 7) is 0. The Morgan fingerprint density at radius 1 is 1.05 bits per heavy atom. The number of anilines is 1. The van der Waals surface area contributed by atoms with Crippen LogP contribution in [0.1, 0.15) is 16.1 Å². The number of rotatable bonds is 6. The maximum absolute atomic E-state index is 15.0. The Morgan fingerprint density at radius 2 is 1.85 bits per heavy atom. The number of pyridine rings is 1. The number of alkyl halides is 3. The third-order valence-corrected chi connectivity index (χ3v) is 6.95. The summed E-state index contributed by atoms with van der Waals surface area (Å²) in [7, 11) is 1.83. The highest BCUT2D eigenvalue weighted by atomic mass is 32.1. The summed E-state index contributed by atoms with van der Waals surface area (Å²) in [5.74, 6) is -1.82. The van der Waals surface area contributed by atoms with Crippen LogP contribution < -0.4 is 10.1 Å². The van der Waals surface area contributed by atoms with E-state index in [0.29, 0.717) is 31.5 Å². The van der Waals surface area contributed by atoms with Crippen LogP contribution >= 0.6 is 11.3 Å². The Balaban J connectivity index is 1.24. The molecule has 0 aliphatic heterocycles. The van der Waals surface area contributed by atoms with Crippen LogP contribution in [-0.2, 0) is 13.2 Å². The van der Waals surface area contributed by atoms with E-state index >= 15 is 4.39 Å². The summed E-state index contributed by atoms with van der Waals surface area (Å²) < 4.78 is 65.6. The predicted molar refractivity (Wildman–Crippen MR) is 143 cm³/mol. The smallest absolute Gasteiger partial charge is 0.434 e. The van der Waals surface area contributed by atoms with Gasteiger partial charge in [0.1, 0.15) is 21.2 Å². The molecule has 0 saturated heterocycles. The lowest BCUT2D eigenvalue weighted by Crippen LogP contribution is -2.20. The van der Waals surface area contributed by atoms with Crippen LogP contribution in [0.5, 0.6) is 11.5 Å². The second-order valence-electron chi connectivity index (χ2n) is 8.76. The molecule has 6 rings (SSSR count). The highest BCUT2D eigenvalue weighted by Crippen LogP contribution is 2.38. The maximum Gasteiger partial charge on any atom is 0.434 e. The predicted octanol–water partition coefficient (Wildman–Crippen LogP) is 6.48. The van der Waals surface area contributed by atoms with Crippen LogP contribution in [0.3, 0.4) is 0 Å². The maximum atomic E-state index is 15.0. The zero-order chi connectivity index (χ0) is 28.7. The molecule has 14 heteroatoms. The van der Waals surface area contributed by atoms with Crippen molar-refractivity contribution in [2.45, 2.75) is 6.18 Å². The molecule has 0 bridgehead atoms. The molecule has 4 heterocycles.